The zero-order valence-electron chi connectivity index (χ0n) is 9.19. The van der Waals surface area contributed by atoms with Gasteiger partial charge in [0, 0.05) is 25.1 Å². The largest absolute Gasteiger partial charge is 0.485 e. The molecule has 2 rings (SSSR count). The number of para-hydroxylation sites is 1. The maximum absolute atomic E-state index is 6.12. The number of fused-ring (bicyclic) bond motifs is 1. The van der Waals surface area contributed by atoms with Gasteiger partial charge in [-0.25, -0.2) is 0 Å². The van der Waals surface area contributed by atoms with Crippen LogP contribution >= 0.6 is 0 Å². The number of hydrogen-bond donors (Lipinski definition) is 1. The molecule has 0 amide bonds. The van der Waals surface area contributed by atoms with Gasteiger partial charge in [-0.3, -0.25) is 0 Å². The highest BCUT2D eigenvalue weighted by Crippen LogP contribution is 2.38. The van der Waals surface area contributed by atoms with Gasteiger partial charge in [0.1, 0.15) is 11.4 Å². The van der Waals surface area contributed by atoms with E-state index in [9.17, 15) is 0 Å². The van der Waals surface area contributed by atoms with Gasteiger partial charge >= 0.3 is 0 Å². The molecule has 1 aromatic rings. The van der Waals surface area contributed by atoms with E-state index in [1.807, 2.05) is 31.2 Å². The lowest BCUT2D eigenvalue weighted by Gasteiger charge is -2.38. The molecule has 0 bridgehead atoms. The van der Waals surface area contributed by atoms with E-state index in [0.717, 1.165) is 17.7 Å². The molecule has 15 heavy (non-hydrogen) atoms. The van der Waals surface area contributed by atoms with Gasteiger partial charge in [-0.15, -0.1) is 0 Å². The quantitative estimate of drug-likeness (QED) is 0.805. The highest BCUT2D eigenvalue weighted by atomic mass is 16.5. The normalized spacial score (nSPS) is 29.4. The maximum atomic E-state index is 6.12. The van der Waals surface area contributed by atoms with Crippen molar-refractivity contribution in [2.75, 3.05) is 13.7 Å². The molecular formula is C12H17NO2. The molecule has 0 aliphatic carbocycles. The highest BCUT2D eigenvalue weighted by molar-refractivity contribution is 5.38. The van der Waals surface area contributed by atoms with Crippen LogP contribution in [0.25, 0.3) is 0 Å². The topological polar surface area (TPSA) is 44.5 Å². The van der Waals surface area contributed by atoms with Crippen molar-refractivity contribution in [2.24, 2.45) is 5.73 Å². The molecule has 0 saturated carbocycles. The average Bonchev–Trinajstić information content (AvgIpc) is 2.17. The molecule has 2 N–H and O–H groups in total. The average molecular weight is 207 g/mol. The lowest BCUT2D eigenvalue weighted by molar-refractivity contribution is -0.0172. The van der Waals surface area contributed by atoms with E-state index in [2.05, 4.69) is 0 Å². The van der Waals surface area contributed by atoms with Gasteiger partial charge in [-0.2, -0.15) is 0 Å². The molecule has 1 aromatic carbocycles. The van der Waals surface area contributed by atoms with Gasteiger partial charge in [0.05, 0.1) is 6.61 Å². The van der Waals surface area contributed by atoms with Crippen molar-refractivity contribution in [2.45, 2.75) is 25.0 Å². The van der Waals surface area contributed by atoms with Crippen LogP contribution in [-0.2, 0) is 4.74 Å². The van der Waals surface area contributed by atoms with Crippen molar-refractivity contribution in [3.8, 4) is 5.75 Å². The highest BCUT2D eigenvalue weighted by Gasteiger charge is 2.35. The van der Waals surface area contributed by atoms with E-state index in [1.54, 1.807) is 7.11 Å². The molecule has 1 heterocycles. The summed E-state index contributed by atoms with van der Waals surface area (Å²) in [5.41, 5.74) is 6.90. The Morgan fingerprint density at radius 3 is 3.00 bits per heavy atom. The zero-order chi connectivity index (χ0) is 10.9. The molecule has 1 aliphatic heterocycles. The van der Waals surface area contributed by atoms with Crippen molar-refractivity contribution in [3.05, 3.63) is 29.8 Å². The van der Waals surface area contributed by atoms with E-state index in [1.165, 1.54) is 0 Å². The molecule has 0 fully saturated rings. The summed E-state index contributed by atoms with van der Waals surface area (Å²) in [5, 5.41) is 0. The minimum atomic E-state index is -0.303. The lowest BCUT2D eigenvalue weighted by atomic mass is 9.89. The van der Waals surface area contributed by atoms with Crippen LogP contribution < -0.4 is 10.5 Å². The Balaban J connectivity index is 2.29. The molecule has 1 aliphatic rings. The van der Waals surface area contributed by atoms with E-state index in [4.69, 9.17) is 15.2 Å². The summed E-state index contributed by atoms with van der Waals surface area (Å²) in [4.78, 5) is 0. The van der Waals surface area contributed by atoms with E-state index < -0.39 is 0 Å². The van der Waals surface area contributed by atoms with Gasteiger partial charge < -0.3 is 15.2 Å². The van der Waals surface area contributed by atoms with Crippen LogP contribution in [0.1, 0.15) is 24.9 Å². The molecule has 0 radical (unpaired) electrons. The van der Waals surface area contributed by atoms with Crippen LogP contribution in [0.15, 0.2) is 24.3 Å². The number of ether oxygens (including phenoxy) is 2. The van der Waals surface area contributed by atoms with Gasteiger partial charge in [0.2, 0.25) is 0 Å². The van der Waals surface area contributed by atoms with Crippen molar-refractivity contribution in [1.29, 1.82) is 0 Å². The van der Waals surface area contributed by atoms with Crippen molar-refractivity contribution >= 4 is 0 Å². The Morgan fingerprint density at radius 2 is 2.27 bits per heavy atom. The van der Waals surface area contributed by atoms with Crippen molar-refractivity contribution in [3.63, 3.8) is 0 Å². The van der Waals surface area contributed by atoms with Gasteiger partial charge in [0.15, 0.2) is 0 Å². The van der Waals surface area contributed by atoms with Crippen molar-refractivity contribution in [1.82, 2.24) is 0 Å². The van der Waals surface area contributed by atoms with Crippen molar-refractivity contribution < 1.29 is 9.47 Å². The summed E-state index contributed by atoms with van der Waals surface area (Å²) < 4.78 is 11.1. The third-order valence-corrected chi connectivity index (χ3v) is 2.78. The maximum Gasteiger partial charge on any atom is 0.131 e. The third kappa shape index (κ3) is 1.98. The predicted octanol–water partition coefficient (Wildman–Crippen LogP) is 1.87. The summed E-state index contributed by atoms with van der Waals surface area (Å²) in [6.07, 6.45) is 0.790. The minimum absolute atomic E-state index is 0.0371. The first-order valence-electron chi connectivity index (χ1n) is 5.17. The molecular weight excluding hydrogens is 190 g/mol. The number of rotatable bonds is 2. The Kier molecular flexibility index (Phi) is 2.67. The molecule has 0 aromatic heterocycles. The fourth-order valence-electron chi connectivity index (χ4n) is 2.16. The fourth-order valence-corrected chi connectivity index (χ4v) is 2.16. The van der Waals surface area contributed by atoms with E-state index in [0.29, 0.717) is 6.61 Å². The number of nitrogens with two attached hydrogens (primary N) is 1. The second-order valence-corrected chi connectivity index (χ2v) is 4.33. The first-order valence-corrected chi connectivity index (χ1v) is 5.17. The third-order valence-electron chi connectivity index (χ3n) is 2.78. The van der Waals surface area contributed by atoms with Gasteiger partial charge in [-0.1, -0.05) is 18.2 Å². The summed E-state index contributed by atoms with van der Waals surface area (Å²) in [6.45, 7) is 2.60. The first kappa shape index (κ1) is 10.5. The molecule has 3 heteroatoms. The lowest BCUT2D eigenvalue weighted by Crippen LogP contribution is -2.43. The number of benzene rings is 1. The molecule has 0 spiro atoms. The second kappa shape index (κ2) is 3.83. The Hall–Kier alpha value is -1.06. The molecule has 0 unspecified atom stereocenters. The second-order valence-electron chi connectivity index (χ2n) is 4.33. The molecule has 82 valence electrons. The van der Waals surface area contributed by atoms with Crippen LogP contribution in [0.4, 0.5) is 0 Å². The van der Waals surface area contributed by atoms with Gasteiger partial charge in [0.25, 0.3) is 0 Å². The first-order chi connectivity index (χ1) is 7.14. The molecule has 2 atom stereocenters. The predicted molar refractivity (Wildman–Crippen MR) is 58.9 cm³/mol. The number of methoxy groups -OCH3 is 1. The number of hydrogen-bond acceptors (Lipinski definition) is 3. The van der Waals surface area contributed by atoms with Gasteiger partial charge in [-0.05, 0) is 13.0 Å². The molecule has 3 nitrogen and oxygen atoms in total. The Labute approximate surface area is 90.2 Å². The minimum Gasteiger partial charge on any atom is -0.485 e. The summed E-state index contributed by atoms with van der Waals surface area (Å²) in [7, 11) is 1.68. The molecule has 0 saturated heterocycles. The van der Waals surface area contributed by atoms with Crippen LogP contribution in [0.3, 0.4) is 0 Å². The van der Waals surface area contributed by atoms with E-state index in [-0.39, 0.29) is 11.6 Å². The van der Waals surface area contributed by atoms with Crippen LogP contribution in [-0.4, -0.2) is 19.3 Å². The fraction of sp³-hybridized carbons (Fsp3) is 0.500. The zero-order valence-corrected chi connectivity index (χ0v) is 9.19. The van der Waals surface area contributed by atoms with Crippen LogP contribution in [0, 0.1) is 0 Å². The summed E-state index contributed by atoms with van der Waals surface area (Å²) >= 11 is 0. The monoisotopic (exact) mass is 207 g/mol. The SMILES string of the molecule is COC[C@]1(C)C[C@H](N)c2ccccc2O1. The Morgan fingerprint density at radius 1 is 1.53 bits per heavy atom. The summed E-state index contributed by atoms with van der Waals surface area (Å²) in [5.74, 6) is 0.885. The van der Waals surface area contributed by atoms with Crippen LogP contribution in [0.5, 0.6) is 5.75 Å². The summed E-state index contributed by atoms with van der Waals surface area (Å²) in [6, 6.07) is 7.97. The van der Waals surface area contributed by atoms with Crippen LogP contribution in [0.2, 0.25) is 0 Å². The standard InChI is InChI=1S/C12H17NO2/c1-12(8-14-2)7-10(13)9-5-3-4-6-11(9)15-12/h3-6,10H,7-8,13H2,1-2H3/t10-,12-/m0/s1. The smallest absolute Gasteiger partial charge is 0.131 e. The Bertz CT molecular complexity index is 353. The van der Waals surface area contributed by atoms with E-state index >= 15 is 0 Å².